The van der Waals surface area contributed by atoms with Gasteiger partial charge in [-0.1, -0.05) is 0 Å². The van der Waals surface area contributed by atoms with Crippen LogP contribution in [0.25, 0.3) is 15.3 Å². The molecule has 0 saturated carbocycles. The van der Waals surface area contributed by atoms with Crippen molar-refractivity contribution < 1.29 is 0 Å². The Morgan fingerprint density at radius 2 is 1.71 bits per heavy atom. The molecule has 0 aliphatic carbocycles. The molecule has 0 radical (unpaired) electrons. The van der Waals surface area contributed by atoms with Gasteiger partial charge in [0.05, 0.1) is 0 Å². The predicted octanol–water partition coefficient (Wildman–Crippen LogP) is 2.34. The number of thiol groups is 1. The van der Waals surface area contributed by atoms with E-state index in [1.807, 2.05) is 52.1 Å². The van der Waals surface area contributed by atoms with Crippen molar-refractivity contribution in [2.24, 2.45) is 0 Å². The van der Waals surface area contributed by atoms with E-state index in [4.69, 9.17) is 0 Å². The molecule has 0 spiro atoms. The number of rotatable bonds is 1. The van der Waals surface area contributed by atoms with Gasteiger partial charge in [0.2, 0.25) is 0 Å². The quantitative estimate of drug-likeness (QED) is 0.541. The minimum absolute atomic E-state index is 0.0203. The number of aromatic nitrogens is 1. The summed E-state index contributed by atoms with van der Waals surface area (Å²) in [6, 6.07) is 15.5. The minimum atomic E-state index is 0.0203. The molecule has 4 heteroatoms. The predicted molar refractivity (Wildman–Crippen MR) is 73.7 cm³/mol. The SMILES string of the molecule is O=c1c2ccccc2[se]n1-c1ccccc1S. The van der Waals surface area contributed by atoms with Crippen LogP contribution in [0, 0.1) is 0 Å². The van der Waals surface area contributed by atoms with E-state index in [1.165, 1.54) is 0 Å². The zero-order valence-corrected chi connectivity index (χ0v) is 11.4. The molecule has 1 aromatic heterocycles. The van der Waals surface area contributed by atoms with Crippen LogP contribution < -0.4 is 5.56 Å². The Balaban J connectivity index is 2.36. The van der Waals surface area contributed by atoms with E-state index in [0.717, 1.165) is 20.2 Å². The van der Waals surface area contributed by atoms with Gasteiger partial charge in [0.25, 0.3) is 0 Å². The Morgan fingerprint density at radius 1 is 1.00 bits per heavy atom. The third-order valence-electron chi connectivity index (χ3n) is 2.59. The van der Waals surface area contributed by atoms with Crippen molar-refractivity contribution in [3.63, 3.8) is 0 Å². The van der Waals surface area contributed by atoms with Crippen LogP contribution in [0.1, 0.15) is 0 Å². The number of benzene rings is 2. The number of hydrogen-bond acceptors (Lipinski definition) is 2. The maximum absolute atomic E-state index is 12.3. The van der Waals surface area contributed by atoms with Gasteiger partial charge in [0.1, 0.15) is 0 Å². The molecule has 3 aromatic rings. The van der Waals surface area contributed by atoms with E-state index < -0.39 is 0 Å². The van der Waals surface area contributed by atoms with Crippen molar-refractivity contribution in [3.8, 4) is 5.69 Å². The standard InChI is InChI=1S/C13H9NOSSe/c15-13-9-5-1-4-8-12(9)17-14(13)10-6-2-3-7-11(10)16/h1-8,16H. The molecule has 0 unspecified atom stereocenters. The number of nitrogens with zero attached hydrogens (tertiary/aromatic N) is 1. The topological polar surface area (TPSA) is 22.0 Å². The Hall–Kier alpha value is -1.22. The Morgan fingerprint density at radius 3 is 2.47 bits per heavy atom. The fraction of sp³-hybridized carbons (Fsp3) is 0. The van der Waals surface area contributed by atoms with Crippen molar-refractivity contribution in [1.29, 1.82) is 0 Å². The van der Waals surface area contributed by atoms with E-state index in [9.17, 15) is 4.79 Å². The van der Waals surface area contributed by atoms with Crippen LogP contribution in [-0.4, -0.2) is 18.3 Å². The Kier molecular flexibility index (Phi) is 2.71. The third kappa shape index (κ3) is 1.78. The fourth-order valence-corrected chi connectivity index (χ4v) is 4.34. The van der Waals surface area contributed by atoms with Crippen molar-refractivity contribution in [3.05, 3.63) is 58.9 Å². The summed E-state index contributed by atoms with van der Waals surface area (Å²) in [7, 11) is 0. The Labute approximate surface area is 110 Å². The average molecular weight is 306 g/mol. The molecule has 3 rings (SSSR count). The summed E-state index contributed by atoms with van der Waals surface area (Å²) in [6.45, 7) is 0. The van der Waals surface area contributed by atoms with Crippen LogP contribution in [0.5, 0.6) is 0 Å². The zero-order chi connectivity index (χ0) is 11.8. The fourth-order valence-electron chi connectivity index (χ4n) is 1.77. The Bertz CT molecular complexity index is 744. The molecule has 2 aromatic carbocycles. The first kappa shape index (κ1) is 10.9. The summed E-state index contributed by atoms with van der Waals surface area (Å²) in [6.07, 6.45) is 0. The molecule has 0 atom stereocenters. The van der Waals surface area contributed by atoms with Gasteiger partial charge in [-0.2, -0.15) is 0 Å². The van der Waals surface area contributed by atoms with Gasteiger partial charge in [0.15, 0.2) is 0 Å². The van der Waals surface area contributed by atoms with Crippen molar-refractivity contribution in [1.82, 2.24) is 3.56 Å². The van der Waals surface area contributed by atoms with Gasteiger partial charge in [0, 0.05) is 0 Å². The molecule has 0 aliphatic rings. The first-order valence-electron chi connectivity index (χ1n) is 5.17. The molecular formula is C13H9NOSSe. The van der Waals surface area contributed by atoms with Gasteiger partial charge < -0.3 is 0 Å². The summed E-state index contributed by atoms with van der Waals surface area (Å²) >= 11 is 4.43. The first-order valence-corrected chi connectivity index (χ1v) is 7.24. The summed E-state index contributed by atoms with van der Waals surface area (Å²) in [5, 5.41) is 0.823. The van der Waals surface area contributed by atoms with Crippen LogP contribution >= 0.6 is 12.6 Å². The third-order valence-corrected chi connectivity index (χ3v) is 5.27. The van der Waals surface area contributed by atoms with Gasteiger partial charge in [-0.25, -0.2) is 0 Å². The van der Waals surface area contributed by atoms with Crippen LogP contribution in [0.15, 0.2) is 58.2 Å². The van der Waals surface area contributed by atoms with Crippen LogP contribution in [0.3, 0.4) is 0 Å². The molecule has 0 aliphatic heterocycles. The second-order valence-electron chi connectivity index (χ2n) is 3.68. The van der Waals surface area contributed by atoms with E-state index in [0.29, 0.717) is 0 Å². The van der Waals surface area contributed by atoms with Gasteiger partial charge in [-0.15, -0.1) is 0 Å². The molecule has 1 heterocycles. The van der Waals surface area contributed by atoms with E-state index >= 15 is 0 Å². The second-order valence-corrected chi connectivity index (χ2v) is 6.23. The maximum atomic E-state index is 12.3. The van der Waals surface area contributed by atoms with Crippen molar-refractivity contribution >= 4 is 37.0 Å². The summed E-state index contributed by atoms with van der Waals surface area (Å²) < 4.78 is 2.97. The summed E-state index contributed by atoms with van der Waals surface area (Å²) in [4.78, 5) is 13.1. The normalized spacial score (nSPS) is 10.9. The molecule has 0 amide bonds. The molecule has 84 valence electrons. The van der Waals surface area contributed by atoms with Crippen LogP contribution in [0.2, 0.25) is 0 Å². The molecular weight excluding hydrogens is 297 g/mol. The molecule has 0 bridgehead atoms. The average Bonchev–Trinajstić information content (AvgIpc) is 2.68. The summed E-state index contributed by atoms with van der Waals surface area (Å²) in [5.74, 6) is 0. The number of para-hydroxylation sites is 1. The first-order chi connectivity index (χ1) is 8.27. The molecule has 0 N–H and O–H groups in total. The summed E-state index contributed by atoms with van der Waals surface area (Å²) in [5.41, 5.74) is 0.985. The van der Waals surface area contributed by atoms with Gasteiger partial charge in [-0.05, 0) is 0 Å². The number of hydrogen-bond donors (Lipinski definition) is 1. The second kappa shape index (κ2) is 4.22. The van der Waals surface area contributed by atoms with E-state index in [2.05, 4.69) is 12.6 Å². The van der Waals surface area contributed by atoms with E-state index in [1.54, 1.807) is 0 Å². The monoisotopic (exact) mass is 307 g/mol. The molecule has 0 saturated heterocycles. The van der Waals surface area contributed by atoms with Gasteiger partial charge in [-0.3, -0.25) is 0 Å². The van der Waals surface area contributed by atoms with Crippen LogP contribution in [-0.2, 0) is 0 Å². The number of fused-ring (bicyclic) bond motifs is 1. The van der Waals surface area contributed by atoms with Crippen molar-refractivity contribution in [2.45, 2.75) is 4.90 Å². The molecule has 2 nitrogen and oxygen atoms in total. The van der Waals surface area contributed by atoms with Crippen molar-refractivity contribution in [2.75, 3.05) is 0 Å². The van der Waals surface area contributed by atoms with Gasteiger partial charge >= 0.3 is 110 Å². The zero-order valence-electron chi connectivity index (χ0n) is 8.83. The molecule has 17 heavy (non-hydrogen) atoms. The van der Waals surface area contributed by atoms with Crippen LogP contribution in [0.4, 0.5) is 0 Å². The molecule has 0 fully saturated rings. The van der Waals surface area contributed by atoms with E-state index in [-0.39, 0.29) is 20.3 Å².